The van der Waals surface area contributed by atoms with Crippen LogP contribution in [-0.2, 0) is 12.7 Å². The van der Waals surface area contributed by atoms with E-state index in [1.54, 1.807) is 4.90 Å². The van der Waals surface area contributed by atoms with E-state index in [1.165, 1.54) is 6.07 Å². The SMILES string of the molecule is Cc1nnc([C@H]2CCCN2C(=O)NC2CCOc3cc(C(F)(F)F)ccc32)n1Cc1cccc(Br)c1. The third-order valence-electron chi connectivity index (χ3n) is 6.68. The standard InChI is InChI=1S/C25H25BrF3N5O2/c1-15-31-32-23(34(15)14-16-4-2-5-18(26)12-16)21-6-3-10-33(21)24(35)30-20-9-11-36-22-13-17(25(27,28)29)7-8-19(20)22/h2,4-5,7-8,12-13,20-21H,3,6,9-11,14H2,1H3,(H,30,35)/t20?,21-/m1/s1. The molecule has 7 nitrogen and oxygen atoms in total. The van der Waals surface area contributed by atoms with Crippen LogP contribution in [0.4, 0.5) is 18.0 Å². The predicted molar refractivity (Wildman–Crippen MR) is 130 cm³/mol. The number of amides is 2. The first-order valence-corrected chi connectivity index (χ1v) is 12.6. The Hall–Kier alpha value is -3.08. The first kappa shape index (κ1) is 24.6. The molecular formula is C25H25BrF3N5O2. The maximum Gasteiger partial charge on any atom is 0.416 e. The van der Waals surface area contributed by atoms with E-state index < -0.39 is 17.8 Å². The van der Waals surface area contributed by atoms with E-state index >= 15 is 0 Å². The van der Waals surface area contributed by atoms with Gasteiger partial charge < -0.3 is 19.5 Å². The van der Waals surface area contributed by atoms with Gasteiger partial charge in [0, 0.05) is 23.0 Å². The molecule has 1 aromatic heterocycles. The molecule has 0 aliphatic carbocycles. The van der Waals surface area contributed by atoms with Gasteiger partial charge in [0.05, 0.1) is 30.8 Å². The van der Waals surface area contributed by atoms with E-state index in [1.807, 2.05) is 35.8 Å². The number of urea groups is 1. The molecule has 1 fully saturated rings. The maximum absolute atomic E-state index is 13.4. The Morgan fingerprint density at radius 3 is 2.81 bits per heavy atom. The van der Waals surface area contributed by atoms with Crippen LogP contribution in [0.1, 0.15) is 59.7 Å². The summed E-state index contributed by atoms with van der Waals surface area (Å²) in [6.45, 7) is 3.25. The van der Waals surface area contributed by atoms with Crippen molar-refractivity contribution in [2.75, 3.05) is 13.2 Å². The second-order valence-electron chi connectivity index (χ2n) is 9.06. The molecule has 5 rings (SSSR count). The molecule has 2 amide bonds. The van der Waals surface area contributed by atoms with E-state index in [-0.39, 0.29) is 24.4 Å². The van der Waals surface area contributed by atoms with E-state index in [0.29, 0.717) is 25.1 Å². The number of ether oxygens (including phenoxy) is 1. The summed E-state index contributed by atoms with van der Waals surface area (Å²) in [6, 6.07) is 10.5. The van der Waals surface area contributed by atoms with Crippen molar-refractivity contribution < 1.29 is 22.7 Å². The molecule has 36 heavy (non-hydrogen) atoms. The number of halogens is 4. The van der Waals surface area contributed by atoms with E-state index in [2.05, 4.69) is 31.4 Å². The number of hydrogen-bond acceptors (Lipinski definition) is 4. The van der Waals surface area contributed by atoms with Crippen LogP contribution in [0.25, 0.3) is 0 Å². The summed E-state index contributed by atoms with van der Waals surface area (Å²) in [5.41, 5.74) is 0.861. The van der Waals surface area contributed by atoms with Crippen molar-refractivity contribution in [3.63, 3.8) is 0 Å². The van der Waals surface area contributed by atoms with E-state index in [4.69, 9.17) is 4.74 Å². The Morgan fingerprint density at radius 1 is 1.19 bits per heavy atom. The molecular weight excluding hydrogens is 539 g/mol. The lowest BCUT2D eigenvalue weighted by atomic mass is 9.98. The summed E-state index contributed by atoms with van der Waals surface area (Å²) in [4.78, 5) is 15.1. The largest absolute Gasteiger partial charge is 0.493 e. The number of rotatable bonds is 4. The molecule has 3 heterocycles. The highest BCUT2D eigenvalue weighted by Gasteiger charge is 2.37. The number of nitrogens with one attached hydrogen (secondary N) is 1. The van der Waals surface area contributed by atoms with Gasteiger partial charge in [0.25, 0.3) is 0 Å². The van der Waals surface area contributed by atoms with Crippen molar-refractivity contribution >= 4 is 22.0 Å². The number of carbonyl (C=O) groups is 1. The Labute approximate surface area is 214 Å². The zero-order valence-corrected chi connectivity index (χ0v) is 21.1. The smallest absolute Gasteiger partial charge is 0.416 e. The van der Waals surface area contributed by atoms with Gasteiger partial charge in [0.2, 0.25) is 0 Å². The van der Waals surface area contributed by atoms with Gasteiger partial charge in [-0.2, -0.15) is 13.2 Å². The summed E-state index contributed by atoms with van der Waals surface area (Å²) in [6.07, 6.45) is -2.41. The van der Waals surface area contributed by atoms with Gasteiger partial charge in [-0.15, -0.1) is 10.2 Å². The van der Waals surface area contributed by atoms with Crippen molar-refractivity contribution in [1.29, 1.82) is 0 Å². The minimum absolute atomic E-state index is 0.156. The van der Waals surface area contributed by atoms with Crippen LogP contribution in [0.2, 0.25) is 0 Å². The van der Waals surface area contributed by atoms with Crippen LogP contribution in [0, 0.1) is 6.92 Å². The number of aromatic nitrogens is 3. The molecule has 2 aliphatic heterocycles. The molecule has 0 saturated carbocycles. The van der Waals surface area contributed by atoms with Crippen molar-refractivity contribution in [3.8, 4) is 5.75 Å². The zero-order valence-electron chi connectivity index (χ0n) is 19.6. The lowest BCUT2D eigenvalue weighted by Gasteiger charge is -2.31. The summed E-state index contributed by atoms with van der Waals surface area (Å²) < 4.78 is 47.8. The van der Waals surface area contributed by atoms with Gasteiger partial charge in [-0.25, -0.2) is 4.79 Å². The molecule has 2 aliphatic rings. The zero-order chi connectivity index (χ0) is 25.4. The third kappa shape index (κ3) is 4.93. The van der Waals surface area contributed by atoms with E-state index in [0.717, 1.165) is 46.7 Å². The number of likely N-dealkylation sites (tertiary alicyclic amines) is 1. The molecule has 0 spiro atoms. The molecule has 2 aromatic carbocycles. The van der Waals surface area contributed by atoms with Crippen LogP contribution in [0.5, 0.6) is 5.75 Å². The second kappa shape index (κ2) is 9.76. The monoisotopic (exact) mass is 563 g/mol. The summed E-state index contributed by atoms with van der Waals surface area (Å²) in [5.74, 6) is 1.64. The van der Waals surface area contributed by atoms with Crippen molar-refractivity contribution in [2.24, 2.45) is 0 Å². The average Bonchev–Trinajstić information content (AvgIpc) is 3.45. The highest BCUT2D eigenvalue weighted by Crippen LogP contribution is 2.39. The number of benzene rings is 2. The van der Waals surface area contributed by atoms with Gasteiger partial charge in [0.1, 0.15) is 11.6 Å². The molecule has 2 atom stereocenters. The molecule has 1 unspecified atom stereocenters. The predicted octanol–water partition coefficient (Wildman–Crippen LogP) is 5.79. The fourth-order valence-electron chi connectivity index (χ4n) is 4.88. The van der Waals surface area contributed by atoms with Gasteiger partial charge in [0.15, 0.2) is 5.82 Å². The normalized spacial score (nSPS) is 19.6. The highest BCUT2D eigenvalue weighted by atomic mass is 79.9. The first-order chi connectivity index (χ1) is 17.2. The van der Waals surface area contributed by atoms with Crippen LogP contribution in [0.3, 0.4) is 0 Å². The van der Waals surface area contributed by atoms with Crippen molar-refractivity contribution in [1.82, 2.24) is 25.0 Å². The topological polar surface area (TPSA) is 72.3 Å². The van der Waals surface area contributed by atoms with Crippen LogP contribution >= 0.6 is 15.9 Å². The quantitative estimate of drug-likeness (QED) is 0.436. The first-order valence-electron chi connectivity index (χ1n) is 11.8. The fourth-order valence-corrected chi connectivity index (χ4v) is 5.33. The number of carbonyl (C=O) groups excluding carboxylic acids is 1. The maximum atomic E-state index is 13.4. The number of fused-ring (bicyclic) bond motifs is 1. The summed E-state index contributed by atoms with van der Waals surface area (Å²) in [7, 11) is 0. The third-order valence-corrected chi connectivity index (χ3v) is 7.18. The average molecular weight is 564 g/mol. The Morgan fingerprint density at radius 2 is 2.03 bits per heavy atom. The number of nitrogens with zero attached hydrogens (tertiary/aromatic N) is 4. The molecule has 1 N–H and O–H groups in total. The van der Waals surface area contributed by atoms with Crippen molar-refractivity contribution in [2.45, 2.75) is 51.0 Å². The van der Waals surface area contributed by atoms with Crippen LogP contribution in [-0.4, -0.2) is 38.8 Å². The lowest BCUT2D eigenvalue weighted by Crippen LogP contribution is -2.43. The van der Waals surface area contributed by atoms with Crippen molar-refractivity contribution in [3.05, 3.63) is 75.3 Å². The summed E-state index contributed by atoms with van der Waals surface area (Å²) >= 11 is 3.50. The van der Waals surface area contributed by atoms with Gasteiger partial charge in [-0.3, -0.25) is 0 Å². The number of alkyl halides is 3. The number of hydrogen-bond donors (Lipinski definition) is 1. The highest BCUT2D eigenvalue weighted by molar-refractivity contribution is 9.10. The Balaban J connectivity index is 1.35. The Kier molecular flexibility index (Phi) is 6.67. The Bertz CT molecular complexity index is 1280. The number of aryl methyl sites for hydroxylation is 1. The molecule has 1 saturated heterocycles. The van der Waals surface area contributed by atoms with Gasteiger partial charge in [-0.1, -0.05) is 34.1 Å². The van der Waals surface area contributed by atoms with E-state index in [9.17, 15) is 18.0 Å². The molecule has 0 radical (unpaired) electrons. The molecule has 11 heteroatoms. The minimum Gasteiger partial charge on any atom is -0.493 e. The van der Waals surface area contributed by atoms with Crippen LogP contribution in [0.15, 0.2) is 46.9 Å². The fraction of sp³-hybridized carbons (Fsp3) is 0.400. The van der Waals surface area contributed by atoms with Gasteiger partial charge >= 0.3 is 12.2 Å². The molecule has 3 aromatic rings. The molecule has 190 valence electrons. The minimum atomic E-state index is -4.46. The van der Waals surface area contributed by atoms with Crippen LogP contribution < -0.4 is 10.1 Å². The van der Waals surface area contributed by atoms with Gasteiger partial charge in [-0.05, 0) is 49.6 Å². The molecule has 0 bridgehead atoms. The summed E-state index contributed by atoms with van der Waals surface area (Å²) in [5, 5.41) is 11.7. The second-order valence-corrected chi connectivity index (χ2v) is 9.98. The lowest BCUT2D eigenvalue weighted by molar-refractivity contribution is -0.137.